The van der Waals surface area contributed by atoms with Crippen molar-refractivity contribution in [2.45, 2.75) is 19.4 Å². The highest BCUT2D eigenvalue weighted by molar-refractivity contribution is 5.97. The van der Waals surface area contributed by atoms with Gasteiger partial charge >= 0.3 is 0 Å². The summed E-state index contributed by atoms with van der Waals surface area (Å²) in [7, 11) is 1.78. The Bertz CT molecular complexity index is 1190. The van der Waals surface area contributed by atoms with Gasteiger partial charge in [0.2, 0.25) is 0 Å². The molecule has 170 valence electrons. The van der Waals surface area contributed by atoms with Crippen molar-refractivity contribution in [3.8, 4) is 22.8 Å². The number of hydrogen-bond acceptors (Lipinski definition) is 6. The van der Waals surface area contributed by atoms with E-state index in [1.54, 1.807) is 49.6 Å². The van der Waals surface area contributed by atoms with Crippen LogP contribution < -0.4 is 20.7 Å². The number of anilines is 1. The van der Waals surface area contributed by atoms with Gasteiger partial charge < -0.3 is 26.1 Å². The van der Waals surface area contributed by atoms with E-state index in [1.807, 2.05) is 6.92 Å². The van der Waals surface area contributed by atoms with E-state index >= 15 is 4.39 Å². The highest BCUT2D eigenvalue weighted by Gasteiger charge is 2.24. The number of nitrogens with one attached hydrogen (secondary N) is 4. The van der Waals surface area contributed by atoms with Crippen LogP contribution >= 0.6 is 0 Å². The van der Waals surface area contributed by atoms with Crippen molar-refractivity contribution in [1.29, 1.82) is 5.41 Å². The Labute approximate surface area is 191 Å². The van der Waals surface area contributed by atoms with Crippen LogP contribution in [-0.4, -0.2) is 43.3 Å². The normalized spacial score (nSPS) is 13.2. The summed E-state index contributed by atoms with van der Waals surface area (Å²) in [6, 6.07) is 12.0. The zero-order chi connectivity index (χ0) is 23.4. The first-order chi connectivity index (χ1) is 16.0. The summed E-state index contributed by atoms with van der Waals surface area (Å²) >= 11 is 0. The molecule has 7 nitrogen and oxygen atoms in total. The Morgan fingerprint density at radius 3 is 2.70 bits per heavy atom. The Hall–Kier alpha value is -3.78. The molecule has 1 aromatic heterocycles. The SMILES string of the molecule is CCc1cc(-c2cc(Oc3ccc(C=N)c(NC)c3)ccn2)cc(F)c1C(=O)NC1CNC1. The van der Waals surface area contributed by atoms with E-state index in [1.165, 1.54) is 12.3 Å². The van der Waals surface area contributed by atoms with Crippen molar-refractivity contribution < 1.29 is 13.9 Å². The fourth-order valence-electron chi connectivity index (χ4n) is 3.70. The number of carbonyl (C=O) groups excluding carboxylic acids is 1. The minimum absolute atomic E-state index is 0.0354. The zero-order valence-electron chi connectivity index (χ0n) is 18.5. The van der Waals surface area contributed by atoms with Gasteiger partial charge in [-0.25, -0.2) is 4.39 Å². The summed E-state index contributed by atoms with van der Waals surface area (Å²) in [4.78, 5) is 17.0. The quantitative estimate of drug-likeness (QED) is 0.392. The summed E-state index contributed by atoms with van der Waals surface area (Å²) in [6.07, 6.45) is 3.38. The molecule has 0 spiro atoms. The molecule has 0 aliphatic carbocycles. The molecule has 1 aliphatic heterocycles. The molecule has 1 amide bonds. The Morgan fingerprint density at radius 2 is 2.03 bits per heavy atom. The third kappa shape index (κ3) is 4.85. The molecule has 2 aromatic carbocycles. The van der Waals surface area contributed by atoms with Gasteiger partial charge in [-0.3, -0.25) is 9.78 Å². The maximum Gasteiger partial charge on any atom is 0.254 e. The van der Waals surface area contributed by atoms with E-state index in [4.69, 9.17) is 10.1 Å². The summed E-state index contributed by atoms with van der Waals surface area (Å²) in [5, 5.41) is 16.5. The number of hydrogen-bond donors (Lipinski definition) is 4. The minimum atomic E-state index is -0.567. The zero-order valence-corrected chi connectivity index (χ0v) is 18.5. The third-order valence-electron chi connectivity index (χ3n) is 5.61. The Kier molecular flexibility index (Phi) is 6.65. The molecule has 4 rings (SSSR count). The van der Waals surface area contributed by atoms with E-state index in [-0.39, 0.29) is 17.5 Å². The fraction of sp³-hybridized carbons (Fsp3) is 0.240. The van der Waals surface area contributed by atoms with Gasteiger partial charge in [0.25, 0.3) is 5.91 Å². The highest BCUT2D eigenvalue weighted by atomic mass is 19.1. The van der Waals surface area contributed by atoms with Crippen molar-refractivity contribution in [2.75, 3.05) is 25.5 Å². The van der Waals surface area contributed by atoms with Crippen LogP contribution in [0.5, 0.6) is 11.5 Å². The van der Waals surface area contributed by atoms with E-state index < -0.39 is 5.82 Å². The third-order valence-corrected chi connectivity index (χ3v) is 5.61. The molecular formula is C25H26FN5O2. The van der Waals surface area contributed by atoms with Crippen molar-refractivity contribution in [3.05, 3.63) is 71.2 Å². The van der Waals surface area contributed by atoms with Crippen molar-refractivity contribution in [3.63, 3.8) is 0 Å². The number of rotatable bonds is 8. The first-order valence-corrected chi connectivity index (χ1v) is 10.8. The molecule has 1 aliphatic rings. The average molecular weight is 448 g/mol. The number of amides is 1. The molecule has 1 fully saturated rings. The Balaban J connectivity index is 1.60. The van der Waals surface area contributed by atoms with E-state index in [9.17, 15) is 4.79 Å². The van der Waals surface area contributed by atoms with Gasteiger partial charge in [-0.15, -0.1) is 0 Å². The summed E-state index contributed by atoms with van der Waals surface area (Å²) in [6.45, 7) is 3.29. The van der Waals surface area contributed by atoms with Crippen LogP contribution in [0.1, 0.15) is 28.4 Å². The van der Waals surface area contributed by atoms with E-state index in [0.717, 1.165) is 11.3 Å². The van der Waals surface area contributed by atoms with Crippen molar-refractivity contribution in [1.82, 2.24) is 15.6 Å². The molecule has 0 radical (unpaired) electrons. The second kappa shape index (κ2) is 9.79. The summed E-state index contributed by atoms with van der Waals surface area (Å²) in [5.41, 5.74) is 3.36. The summed E-state index contributed by atoms with van der Waals surface area (Å²) < 4.78 is 21.0. The lowest BCUT2D eigenvalue weighted by molar-refractivity contribution is 0.0919. The lowest BCUT2D eigenvalue weighted by Gasteiger charge is -2.28. The fourth-order valence-corrected chi connectivity index (χ4v) is 3.70. The van der Waals surface area contributed by atoms with Crippen LogP contribution in [-0.2, 0) is 6.42 Å². The van der Waals surface area contributed by atoms with Gasteiger partial charge in [-0.05, 0) is 42.3 Å². The number of aromatic nitrogens is 1. The number of ether oxygens (including phenoxy) is 1. The number of benzene rings is 2. The van der Waals surface area contributed by atoms with Gasteiger partial charge in [-0.1, -0.05) is 6.92 Å². The molecule has 33 heavy (non-hydrogen) atoms. The van der Waals surface area contributed by atoms with Crippen molar-refractivity contribution >= 4 is 17.8 Å². The molecule has 4 N–H and O–H groups in total. The first kappa shape index (κ1) is 22.4. The average Bonchev–Trinajstić information content (AvgIpc) is 2.80. The Morgan fingerprint density at radius 1 is 1.24 bits per heavy atom. The molecular weight excluding hydrogens is 421 g/mol. The molecule has 0 bridgehead atoms. The number of pyridine rings is 1. The van der Waals surface area contributed by atoms with E-state index in [0.29, 0.717) is 47.8 Å². The second-order valence-electron chi connectivity index (χ2n) is 7.80. The van der Waals surface area contributed by atoms with Crippen LogP contribution in [0.4, 0.5) is 10.1 Å². The van der Waals surface area contributed by atoms with Crippen molar-refractivity contribution in [2.24, 2.45) is 0 Å². The molecule has 8 heteroatoms. The predicted molar refractivity (Wildman–Crippen MR) is 127 cm³/mol. The van der Waals surface area contributed by atoms with E-state index in [2.05, 4.69) is 20.9 Å². The van der Waals surface area contributed by atoms with Gasteiger partial charge in [0, 0.05) is 61.5 Å². The lowest BCUT2D eigenvalue weighted by Crippen LogP contribution is -2.57. The molecule has 1 saturated heterocycles. The van der Waals surface area contributed by atoms with Gasteiger partial charge in [-0.2, -0.15) is 0 Å². The lowest BCUT2D eigenvalue weighted by atomic mass is 9.98. The predicted octanol–water partition coefficient (Wildman–Crippen LogP) is 3.98. The highest BCUT2D eigenvalue weighted by Crippen LogP contribution is 2.30. The van der Waals surface area contributed by atoms with Crippen LogP contribution in [0.3, 0.4) is 0 Å². The van der Waals surface area contributed by atoms with Crippen LogP contribution in [0.25, 0.3) is 11.3 Å². The smallest absolute Gasteiger partial charge is 0.254 e. The molecule has 3 aromatic rings. The number of nitrogens with zero attached hydrogens (tertiary/aromatic N) is 1. The van der Waals surface area contributed by atoms with Crippen LogP contribution in [0, 0.1) is 11.2 Å². The molecule has 0 unspecified atom stereocenters. The summed E-state index contributed by atoms with van der Waals surface area (Å²) in [5.74, 6) is 0.187. The molecule has 0 saturated carbocycles. The molecule has 2 heterocycles. The maximum atomic E-state index is 15.0. The number of aryl methyl sites for hydroxylation is 1. The van der Waals surface area contributed by atoms with Gasteiger partial charge in [0.05, 0.1) is 17.3 Å². The largest absolute Gasteiger partial charge is 0.457 e. The van der Waals surface area contributed by atoms with Gasteiger partial charge in [0.1, 0.15) is 17.3 Å². The molecule has 0 atom stereocenters. The topological polar surface area (TPSA) is 99.1 Å². The van der Waals surface area contributed by atoms with Crippen LogP contribution in [0.2, 0.25) is 0 Å². The second-order valence-corrected chi connectivity index (χ2v) is 7.80. The maximum absolute atomic E-state index is 15.0. The van der Waals surface area contributed by atoms with Gasteiger partial charge in [0.15, 0.2) is 0 Å². The first-order valence-electron chi connectivity index (χ1n) is 10.8. The minimum Gasteiger partial charge on any atom is -0.457 e. The van der Waals surface area contributed by atoms with Crippen LogP contribution in [0.15, 0.2) is 48.7 Å². The monoisotopic (exact) mass is 447 g/mol. The standard InChI is InChI=1S/C25H26FN5O2/c1-3-15-8-17(9-21(26)24(15)25(32)31-18-13-29-14-18)23-11-20(6-7-30-23)33-19-5-4-16(12-27)22(10-19)28-2/h4-12,18,27-29H,3,13-14H2,1-2H3,(H,31,32). The number of halogens is 1. The number of carbonyl (C=O) groups is 1.